The normalized spacial score (nSPS) is 10.9. The fraction of sp³-hybridized carbons (Fsp3) is 0.300. The average Bonchev–Trinajstić information content (AvgIpc) is 2.55. The minimum absolute atomic E-state index is 0.833. The largest absolute Gasteiger partial charge is 0.339 e. The summed E-state index contributed by atoms with van der Waals surface area (Å²) in [6, 6.07) is 14.7. The van der Waals surface area contributed by atoms with E-state index in [1.807, 2.05) is 31.2 Å². The Balaban J connectivity index is 1.97. The van der Waals surface area contributed by atoms with Gasteiger partial charge in [-0.25, -0.2) is 9.97 Å². The molecular formula is C20H23N3. The molecule has 0 saturated heterocycles. The van der Waals surface area contributed by atoms with Gasteiger partial charge in [0, 0.05) is 5.69 Å². The van der Waals surface area contributed by atoms with Gasteiger partial charge in [0.05, 0.1) is 16.7 Å². The lowest BCUT2D eigenvalue weighted by Crippen LogP contribution is -2.01. The predicted molar refractivity (Wildman–Crippen MR) is 97.4 cm³/mol. The second-order valence-electron chi connectivity index (χ2n) is 5.91. The molecule has 3 nitrogen and oxygen atoms in total. The third-order valence-corrected chi connectivity index (χ3v) is 4.01. The summed E-state index contributed by atoms with van der Waals surface area (Å²) in [7, 11) is 0. The second-order valence-corrected chi connectivity index (χ2v) is 5.91. The molecule has 1 heterocycles. The number of nitrogens with one attached hydrogen (secondary N) is 1. The van der Waals surface area contributed by atoms with Gasteiger partial charge in [-0.2, -0.15) is 0 Å². The molecule has 0 radical (unpaired) electrons. The molecule has 2 aromatic carbocycles. The van der Waals surface area contributed by atoms with Crippen molar-refractivity contribution in [2.45, 2.75) is 40.0 Å². The molecule has 0 spiro atoms. The molecule has 1 N–H and O–H groups in total. The maximum Gasteiger partial charge on any atom is 0.152 e. The highest BCUT2D eigenvalue weighted by Gasteiger charge is 2.07. The number of aryl methyl sites for hydroxylation is 3. The Kier molecular flexibility index (Phi) is 4.56. The van der Waals surface area contributed by atoms with Crippen molar-refractivity contribution < 1.29 is 0 Å². The molecular weight excluding hydrogens is 282 g/mol. The first-order chi connectivity index (χ1) is 11.2. The van der Waals surface area contributed by atoms with Crippen LogP contribution in [0.15, 0.2) is 42.5 Å². The highest BCUT2D eigenvalue weighted by atomic mass is 15.0. The Hall–Kier alpha value is -2.42. The van der Waals surface area contributed by atoms with Crippen LogP contribution in [-0.2, 0) is 12.8 Å². The molecule has 0 saturated carbocycles. The Morgan fingerprint density at radius 2 is 1.61 bits per heavy atom. The van der Waals surface area contributed by atoms with Crippen LogP contribution < -0.4 is 5.32 Å². The number of aromatic nitrogens is 2. The maximum absolute atomic E-state index is 4.73. The van der Waals surface area contributed by atoms with Gasteiger partial charge < -0.3 is 5.32 Å². The average molecular weight is 305 g/mol. The first-order valence-corrected chi connectivity index (χ1v) is 8.33. The Morgan fingerprint density at radius 1 is 0.913 bits per heavy atom. The molecule has 0 atom stereocenters. The fourth-order valence-corrected chi connectivity index (χ4v) is 2.82. The van der Waals surface area contributed by atoms with Crippen molar-refractivity contribution in [3.05, 3.63) is 59.3 Å². The van der Waals surface area contributed by atoms with Gasteiger partial charge in [-0.15, -0.1) is 0 Å². The summed E-state index contributed by atoms with van der Waals surface area (Å²) in [5.74, 6) is 0.833. The SMILES string of the molecule is CCCc1cc(CC)cc(Nc2nc3ccccc3nc2C)c1. The van der Waals surface area contributed by atoms with Crippen molar-refractivity contribution in [1.82, 2.24) is 9.97 Å². The summed E-state index contributed by atoms with van der Waals surface area (Å²) in [5.41, 5.74) is 6.60. The summed E-state index contributed by atoms with van der Waals surface area (Å²) in [6.07, 6.45) is 3.29. The van der Waals surface area contributed by atoms with E-state index in [0.717, 1.165) is 47.5 Å². The van der Waals surface area contributed by atoms with Crippen molar-refractivity contribution in [3.8, 4) is 0 Å². The van der Waals surface area contributed by atoms with Crippen molar-refractivity contribution in [3.63, 3.8) is 0 Å². The fourth-order valence-electron chi connectivity index (χ4n) is 2.82. The van der Waals surface area contributed by atoms with Crippen molar-refractivity contribution >= 4 is 22.5 Å². The zero-order valence-electron chi connectivity index (χ0n) is 14.1. The molecule has 118 valence electrons. The summed E-state index contributed by atoms with van der Waals surface area (Å²) < 4.78 is 0. The number of hydrogen-bond donors (Lipinski definition) is 1. The molecule has 3 aromatic rings. The van der Waals surface area contributed by atoms with Gasteiger partial charge in [0.2, 0.25) is 0 Å². The molecule has 3 rings (SSSR count). The van der Waals surface area contributed by atoms with Crippen LogP contribution >= 0.6 is 0 Å². The molecule has 23 heavy (non-hydrogen) atoms. The number of benzene rings is 2. The van der Waals surface area contributed by atoms with E-state index < -0.39 is 0 Å². The van der Waals surface area contributed by atoms with E-state index in [1.165, 1.54) is 11.1 Å². The first kappa shape index (κ1) is 15.5. The molecule has 0 fully saturated rings. The summed E-state index contributed by atoms with van der Waals surface area (Å²) in [5, 5.41) is 3.46. The van der Waals surface area contributed by atoms with Gasteiger partial charge >= 0.3 is 0 Å². The van der Waals surface area contributed by atoms with Gasteiger partial charge in [-0.1, -0.05) is 38.5 Å². The molecule has 0 aliphatic rings. The lowest BCUT2D eigenvalue weighted by Gasteiger charge is -2.12. The monoisotopic (exact) mass is 305 g/mol. The quantitative estimate of drug-likeness (QED) is 0.704. The minimum atomic E-state index is 0.833. The Morgan fingerprint density at radius 3 is 2.30 bits per heavy atom. The maximum atomic E-state index is 4.73. The van der Waals surface area contributed by atoms with Crippen LogP contribution in [0, 0.1) is 6.92 Å². The molecule has 1 aromatic heterocycles. The Labute approximate surface area is 137 Å². The zero-order valence-corrected chi connectivity index (χ0v) is 14.1. The molecule has 0 bridgehead atoms. The number of hydrogen-bond acceptors (Lipinski definition) is 3. The Bertz CT molecular complexity index is 824. The second kappa shape index (κ2) is 6.78. The van der Waals surface area contributed by atoms with E-state index in [-0.39, 0.29) is 0 Å². The lowest BCUT2D eigenvalue weighted by atomic mass is 10.0. The van der Waals surface area contributed by atoms with E-state index in [9.17, 15) is 0 Å². The molecule has 0 aliphatic heterocycles. The predicted octanol–water partition coefficient (Wildman–Crippen LogP) is 5.20. The summed E-state index contributed by atoms with van der Waals surface area (Å²) in [6.45, 7) is 6.40. The smallest absolute Gasteiger partial charge is 0.152 e. The zero-order chi connectivity index (χ0) is 16.2. The molecule has 0 aliphatic carbocycles. The minimum Gasteiger partial charge on any atom is -0.339 e. The number of anilines is 2. The number of fused-ring (bicyclic) bond motifs is 1. The van der Waals surface area contributed by atoms with Crippen LogP contribution in [0.5, 0.6) is 0 Å². The number of nitrogens with zero attached hydrogens (tertiary/aromatic N) is 2. The van der Waals surface area contributed by atoms with Crippen molar-refractivity contribution in [1.29, 1.82) is 0 Å². The van der Waals surface area contributed by atoms with E-state index in [4.69, 9.17) is 4.98 Å². The van der Waals surface area contributed by atoms with E-state index in [0.29, 0.717) is 0 Å². The van der Waals surface area contributed by atoms with Crippen LogP contribution in [0.1, 0.15) is 37.1 Å². The van der Waals surface area contributed by atoms with E-state index in [2.05, 4.69) is 42.3 Å². The number of rotatable bonds is 5. The van der Waals surface area contributed by atoms with Gasteiger partial charge in [0.1, 0.15) is 0 Å². The van der Waals surface area contributed by atoms with Crippen LogP contribution in [-0.4, -0.2) is 9.97 Å². The topological polar surface area (TPSA) is 37.8 Å². The molecule has 0 unspecified atom stereocenters. The van der Waals surface area contributed by atoms with Gasteiger partial charge in [0.25, 0.3) is 0 Å². The lowest BCUT2D eigenvalue weighted by molar-refractivity contribution is 0.917. The van der Waals surface area contributed by atoms with Crippen LogP contribution in [0.3, 0.4) is 0 Å². The number of para-hydroxylation sites is 2. The van der Waals surface area contributed by atoms with Crippen LogP contribution in [0.2, 0.25) is 0 Å². The standard InChI is InChI=1S/C20H23N3/c1-4-8-16-11-15(5-2)12-17(13-16)22-20-14(3)21-18-9-6-7-10-19(18)23-20/h6-7,9-13H,4-5,8H2,1-3H3,(H,22,23). The van der Waals surface area contributed by atoms with Gasteiger partial charge in [-0.05, 0) is 55.2 Å². The van der Waals surface area contributed by atoms with Crippen molar-refractivity contribution in [2.75, 3.05) is 5.32 Å². The summed E-state index contributed by atoms with van der Waals surface area (Å²) >= 11 is 0. The third-order valence-electron chi connectivity index (χ3n) is 4.01. The highest BCUT2D eigenvalue weighted by molar-refractivity contribution is 5.77. The molecule has 3 heteroatoms. The van der Waals surface area contributed by atoms with Crippen LogP contribution in [0.25, 0.3) is 11.0 Å². The highest BCUT2D eigenvalue weighted by Crippen LogP contribution is 2.23. The third kappa shape index (κ3) is 3.50. The van der Waals surface area contributed by atoms with Gasteiger partial charge in [-0.3, -0.25) is 0 Å². The van der Waals surface area contributed by atoms with Crippen molar-refractivity contribution in [2.24, 2.45) is 0 Å². The van der Waals surface area contributed by atoms with E-state index in [1.54, 1.807) is 0 Å². The molecule has 0 amide bonds. The summed E-state index contributed by atoms with van der Waals surface area (Å²) in [4.78, 5) is 9.38. The van der Waals surface area contributed by atoms with E-state index >= 15 is 0 Å². The first-order valence-electron chi connectivity index (χ1n) is 8.33. The van der Waals surface area contributed by atoms with Crippen LogP contribution in [0.4, 0.5) is 11.5 Å². The van der Waals surface area contributed by atoms with Gasteiger partial charge in [0.15, 0.2) is 5.82 Å².